The Hall–Kier alpha value is -3.93. The zero-order valence-electron chi connectivity index (χ0n) is 20.3. The van der Waals surface area contributed by atoms with Gasteiger partial charge in [0.15, 0.2) is 17.3 Å². The van der Waals surface area contributed by atoms with Crippen LogP contribution in [0.2, 0.25) is 0 Å². The van der Waals surface area contributed by atoms with Crippen molar-refractivity contribution in [3.05, 3.63) is 89.1 Å². The van der Waals surface area contributed by atoms with Gasteiger partial charge in [-0.25, -0.2) is 0 Å². The number of carbonyl (C=O) groups is 1. The predicted molar refractivity (Wildman–Crippen MR) is 138 cm³/mol. The number of para-hydroxylation sites is 3. The lowest BCUT2D eigenvalue weighted by molar-refractivity contribution is -0.116. The highest BCUT2D eigenvalue weighted by Gasteiger charge is 2.37. The van der Waals surface area contributed by atoms with Crippen LogP contribution in [0.4, 0.5) is 11.4 Å². The van der Waals surface area contributed by atoms with Crippen molar-refractivity contribution in [2.24, 2.45) is 0 Å². The van der Waals surface area contributed by atoms with E-state index in [2.05, 4.69) is 22.8 Å². The Morgan fingerprint density at radius 3 is 2.37 bits per heavy atom. The Bertz CT molecular complexity index is 1270. The van der Waals surface area contributed by atoms with Gasteiger partial charge in [-0.1, -0.05) is 36.4 Å². The number of carbonyl (C=O) groups excluding carboxylic acids is 1. The number of nitrogens with one attached hydrogen (secondary N) is 2. The van der Waals surface area contributed by atoms with Crippen LogP contribution in [0.1, 0.15) is 42.9 Å². The maximum atomic E-state index is 13.8. The Kier molecular flexibility index (Phi) is 6.36. The number of allylic oxidation sites excluding steroid dienone is 1. The summed E-state index contributed by atoms with van der Waals surface area (Å²) in [7, 11) is 3.25. The highest BCUT2D eigenvalue weighted by molar-refractivity contribution is 6.01. The molecule has 6 nitrogen and oxygen atoms in total. The lowest BCUT2D eigenvalue weighted by Gasteiger charge is -2.30. The molecular weight excluding hydrogens is 440 g/mol. The lowest BCUT2D eigenvalue weighted by atomic mass is 9.78. The summed E-state index contributed by atoms with van der Waals surface area (Å²) in [6, 6.07) is 21.5. The molecule has 0 bridgehead atoms. The fraction of sp³-hybridized carbons (Fsp3) is 0.276. The highest BCUT2D eigenvalue weighted by Crippen LogP contribution is 2.47. The number of ketones is 1. The molecule has 0 spiro atoms. The summed E-state index contributed by atoms with van der Waals surface area (Å²) in [6.45, 7) is 2.60. The second-order valence-electron chi connectivity index (χ2n) is 8.75. The number of anilines is 2. The van der Waals surface area contributed by atoms with E-state index in [9.17, 15) is 4.79 Å². The highest BCUT2D eigenvalue weighted by atomic mass is 16.5. The van der Waals surface area contributed by atoms with Crippen molar-refractivity contribution in [3.63, 3.8) is 0 Å². The molecule has 1 aliphatic carbocycles. The number of fused-ring (bicyclic) bond motifs is 1. The summed E-state index contributed by atoms with van der Waals surface area (Å²) < 4.78 is 16.9. The van der Waals surface area contributed by atoms with Gasteiger partial charge in [-0.2, -0.15) is 0 Å². The van der Waals surface area contributed by atoms with Gasteiger partial charge in [0.1, 0.15) is 5.75 Å². The number of Topliss-reactive ketones (excluding diaryl/α,β-unsaturated/α-hetero) is 1. The first-order chi connectivity index (χ1) is 17.1. The van der Waals surface area contributed by atoms with Gasteiger partial charge in [-0.3, -0.25) is 4.79 Å². The number of hydrogen-bond acceptors (Lipinski definition) is 6. The Morgan fingerprint density at radius 2 is 1.66 bits per heavy atom. The Balaban J connectivity index is 1.59. The summed E-state index contributed by atoms with van der Waals surface area (Å²) in [4.78, 5) is 13.8. The number of methoxy groups -OCH3 is 2. The van der Waals surface area contributed by atoms with Crippen LogP contribution in [0.15, 0.2) is 78.0 Å². The SMILES string of the molecule is CCOc1ccc(C2CC(=O)C3=C(C2)Nc2ccccc2NC3c2cccc(OC)c2OC)cc1. The standard InChI is InChI=1S/C29H30N2O4/c1-4-35-20-14-12-18(13-15-20)19-16-24-27(25(32)17-19)28(31-23-10-6-5-9-22(23)30-24)21-8-7-11-26(33-2)29(21)34-3/h5-15,19,28,30-31H,4,16-17H2,1-3H3. The monoisotopic (exact) mass is 470 g/mol. The van der Waals surface area contributed by atoms with E-state index in [0.717, 1.165) is 45.9 Å². The first kappa shape index (κ1) is 22.8. The average molecular weight is 471 g/mol. The van der Waals surface area contributed by atoms with E-state index in [-0.39, 0.29) is 17.7 Å². The molecule has 0 radical (unpaired) electrons. The van der Waals surface area contributed by atoms with Crippen LogP contribution < -0.4 is 24.8 Å². The molecule has 0 saturated carbocycles. The Labute approximate surface area is 205 Å². The van der Waals surface area contributed by atoms with Crippen LogP contribution in [-0.4, -0.2) is 26.6 Å². The molecule has 2 atom stereocenters. The smallest absolute Gasteiger partial charge is 0.166 e. The van der Waals surface area contributed by atoms with Crippen LogP contribution in [0.25, 0.3) is 0 Å². The molecule has 3 aromatic carbocycles. The third-order valence-electron chi connectivity index (χ3n) is 6.72. The van der Waals surface area contributed by atoms with Crippen molar-refractivity contribution >= 4 is 17.2 Å². The molecule has 6 heteroatoms. The maximum Gasteiger partial charge on any atom is 0.166 e. The molecule has 1 aliphatic heterocycles. The molecule has 2 unspecified atom stereocenters. The van der Waals surface area contributed by atoms with Crippen LogP contribution >= 0.6 is 0 Å². The molecular formula is C29H30N2O4. The predicted octanol–water partition coefficient (Wildman–Crippen LogP) is 6.08. The van der Waals surface area contributed by atoms with Crippen molar-refractivity contribution in [2.45, 2.75) is 31.7 Å². The van der Waals surface area contributed by atoms with Gasteiger partial charge in [0, 0.05) is 23.3 Å². The second kappa shape index (κ2) is 9.74. The maximum absolute atomic E-state index is 13.8. The molecule has 2 aliphatic rings. The summed E-state index contributed by atoms with van der Waals surface area (Å²) in [5, 5.41) is 7.20. The fourth-order valence-corrected chi connectivity index (χ4v) is 5.10. The summed E-state index contributed by atoms with van der Waals surface area (Å²) in [5.41, 5.74) is 5.57. The number of rotatable bonds is 6. The quantitative estimate of drug-likeness (QED) is 0.455. The van der Waals surface area contributed by atoms with Crippen LogP contribution in [0.3, 0.4) is 0 Å². The normalized spacial score (nSPS) is 19.0. The van der Waals surface area contributed by atoms with E-state index in [0.29, 0.717) is 24.5 Å². The molecule has 35 heavy (non-hydrogen) atoms. The van der Waals surface area contributed by atoms with E-state index in [1.54, 1.807) is 14.2 Å². The topological polar surface area (TPSA) is 68.8 Å². The minimum Gasteiger partial charge on any atom is -0.494 e. The van der Waals surface area contributed by atoms with Crippen molar-refractivity contribution in [1.29, 1.82) is 0 Å². The molecule has 0 fully saturated rings. The number of hydrogen-bond donors (Lipinski definition) is 2. The number of benzene rings is 3. The third-order valence-corrected chi connectivity index (χ3v) is 6.72. The molecule has 5 rings (SSSR count). The van der Waals surface area contributed by atoms with Crippen LogP contribution in [0.5, 0.6) is 17.2 Å². The first-order valence-electron chi connectivity index (χ1n) is 11.9. The zero-order valence-corrected chi connectivity index (χ0v) is 20.3. The van der Waals surface area contributed by atoms with Crippen molar-refractivity contribution in [1.82, 2.24) is 0 Å². The van der Waals surface area contributed by atoms with Gasteiger partial charge in [0.2, 0.25) is 0 Å². The molecule has 0 aromatic heterocycles. The molecule has 2 N–H and O–H groups in total. The van der Waals surface area contributed by atoms with E-state index in [1.165, 1.54) is 0 Å². The van der Waals surface area contributed by atoms with E-state index < -0.39 is 0 Å². The largest absolute Gasteiger partial charge is 0.494 e. The van der Waals surface area contributed by atoms with Crippen LogP contribution in [0, 0.1) is 0 Å². The second-order valence-corrected chi connectivity index (χ2v) is 8.75. The van der Waals surface area contributed by atoms with Gasteiger partial charge >= 0.3 is 0 Å². The number of ether oxygens (including phenoxy) is 3. The van der Waals surface area contributed by atoms with Crippen LogP contribution in [-0.2, 0) is 4.79 Å². The van der Waals surface area contributed by atoms with Gasteiger partial charge in [-0.05, 0) is 55.2 Å². The van der Waals surface area contributed by atoms with Crippen molar-refractivity contribution < 1.29 is 19.0 Å². The summed E-state index contributed by atoms with van der Waals surface area (Å²) >= 11 is 0. The van der Waals surface area contributed by atoms with E-state index >= 15 is 0 Å². The lowest BCUT2D eigenvalue weighted by Crippen LogP contribution is -2.27. The minimum atomic E-state index is -0.375. The summed E-state index contributed by atoms with van der Waals surface area (Å²) in [5.74, 6) is 2.31. The van der Waals surface area contributed by atoms with E-state index in [1.807, 2.05) is 61.5 Å². The first-order valence-corrected chi connectivity index (χ1v) is 11.9. The minimum absolute atomic E-state index is 0.0857. The van der Waals surface area contributed by atoms with Crippen molar-refractivity contribution in [3.8, 4) is 17.2 Å². The van der Waals surface area contributed by atoms with Gasteiger partial charge < -0.3 is 24.8 Å². The van der Waals surface area contributed by atoms with Gasteiger partial charge in [-0.15, -0.1) is 0 Å². The van der Waals surface area contributed by atoms with Crippen molar-refractivity contribution in [2.75, 3.05) is 31.5 Å². The van der Waals surface area contributed by atoms with Gasteiger partial charge in [0.25, 0.3) is 0 Å². The zero-order chi connectivity index (χ0) is 24.4. The molecule has 0 amide bonds. The summed E-state index contributed by atoms with van der Waals surface area (Å²) in [6.07, 6.45) is 1.17. The van der Waals surface area contributed by atoms with Gasteiger partial charge in [0.05, 0.1) is 38.2 Å². The van der Waals surface area contributed by atoms with E-state index in [4.69, 9.17) is 14.2 Å². The molecule has 0 saturated heterocycles. The molecule has 180 valence electrons. The third kappa shape index (κ3) is 4.32. The Morgan fingerprint density at radius 1 is 0.886 bits per heavy atom. The fourth-order valence-electron chi connectivity index (χ4n) is 5.10. The molecule has 3 aromatic rings. The molecule has 1 heterocycles. The average Bonchev–Trinajstić information content (AvgIpc) is 3.05.